The summed E-state index contributed by atoms with van der Waals surface area (Å²) < 4.78 is 0. The van der Waals surface area contributed by atoms with E-state index in [1.165, 1.54) is 6.07 Å². The Morgan fingerprint density at radius 1 is 1.39 bits per heavy atom. The number of hydrogen-bond donors (Lipinski definition) is 3. The molecule has 0 bridgehead atoms. The van der Waals surface area contributed by atoms with Crippen LogP contribution in [0.25, 0.3) is 0 Å². The molecule has 0 saturated carbocycles. The first kappa shape index (κ1) is 12.2. The number of nitrogens with one attached hydrogen (secondary N) is 2. The summed E-state index contributed by atoms with van der Waals surface area (Å²) in [6, 6.07) is 9.09. The minimum atomic E-state index is -0.162. The van der Waals surface area contributed by atoms with Crippen molar-refractivity contribution >= 4 is 11.5 Å². The Hall–Kier alpha value is -2.30. The van der Waals surface area contributed by atoms with E-state index in [9.17, 15) is 4.79 Å². The molecule has 1 heterocycles. The summed E-state index contributed by atoms with van der Waals surface area (Å²) in [6.07, 6.45) is 0. The zero-order valence-electron chi connectivity index (χ0n) is 10.4. The number of aryl methyl sites for hydroxylation is 1. The molecule has 0 aliphatic heterocycles. The molecular weight excluding hydrogens is 228 g/mol. The Kier molecular flexibility index (Phi) is 3.32. The van der Waals surface area contributed by atoms with E-state index in [0.29, 0.717) is 11.6 Å². The molecule has 0 saturated heterocycles. The second kappa shape index (κ2) is 4.91. The van der Waals surface area contributed by atoms with Gasteiger partial charge in [0.05, 0.1) is 6.04 Å². The third-order valence-electron chi connectivity index (χ3n) is 2.64. The number of rotatable bonds is 3. The third kappa shape index (κ3) is 2.88. The highest BCUT2D eigenvalue weighted by Crippen LogP contribution is 2.18. The SMILES string of the molecule is Cc1nc(NC(C)c2cccc(N)c2)cc(=O)[nH]1. The summed E-state index contributed by atoms with van der Waals surface area (Å²) in [5, 5.41) is 3.18. The minimum Gasteiger partial charge on any atom is -0.399 e. The largest absolute Gasteiger partial charge is 0.399 e. The Bertz CT molecular complexity index is 606. The third-order valence-corrected chi connectivity index (χ3v) is 2.64. The van der Waals surface area contributed by atoms with Crippen LogP contribution in [0.5, 0.6) is 0 Å². The van der Waals surface area contributed by atoms with Crippen LogP contribution in [0.15, 0.2) is 35.1 Å². The van der Waals surface area contributed by atoms with Crippen molar-refractivity contribution in [1.29, 1.82) is 0 Å². The number of aromatic amines is 1. The van der Waals surface area contributed by atoms with Crippen LogP contribution in [0.4, 0.5) is 11.5 Å². The predicted molar refractivity (Wildman–Crippen MR) is 72.5 cm³/mol. The fraction of sp³-hybridized carbons (Fsp3) is 0.231. The molecule has 1 aromatic heterocycles. The Morgan fingerprint density at radius 3 is 2.83 bits per heavy atom. The van der Waals surface area contributed by atoms with E-state index >= 15 is 0 Å². The number of nitrogens with zero attached hydrogens (tertiary/aromatic N) is 1. The standard InChI is InChI=1S/C13H16N4O/c1-8(10-4-3-5-11(14)6-10)15-12-7-13(18)17-9(2)16-12/h3-8H,14H2,1-2H3,(H2,15,16,17,18). The molecule has 0 fully saturated rings. The number of anilines is 2. The van der Waals surface area contributed by atoms with Gasteiger partial charge in [-0.3, -0.25) is 4.79 Å². The molecule has 2 rings (SSSR count). The van der Waals surface area contributed by atoms with Gasteiger partial charge in [0.2, 0.25) is 0 Å². The second-order valence-corrected chi connectivity index (χ2v) is 4.25. The number of aromatic nitrogens is 2. The number of nitrogens with two attached hydrogens (primary N) is 1. The number of benzene rings is 1. The van der Waals surface area contributed by atoms with E-state index in [4.69, 9.17) is 5.73 Å². The molecule has 5 heteroatoms. The molecule has 1 aromatic carbocycles. The molecular formula is C13H16N4O. The Balaban J connectivity index is 2.21. The maximum Gasteiger partial charge on any atom is 0.252 e. The van der Waals surface area contributed by atoms with Crippen molar-refractivity contribution in [3.05, 3.63) is 52.1 Å². The first-order valence-electron chi connectivity index (χ1n) is 5.74. The van der Waals surface area contributed by atoms with Gasteiger partial charge in [0.25, 0.3) is 5.56 Å². The van der Waals surface area contributed by atoms with Crippen molar-refractivity contribution in [3.63, 3.8) is 0 Å². The van der Waals surface area contributed by atoms with Crippen molar-refractivity contribution in [1.82, 2.24) is 9.97 Å². The molecule has 0 amide bonds. The maximum atomic E-state index is 11.3. The van der Waals surface area contributed by atoms with Crippen LogP contribution in [-0.4, -0.2) is 9.97 Å². The fourth-order valence-corrected chi connectivity index (χ4v) is 1.79. The van der Waals surface area contributed by atoms with Crippen LogP contribution < -0.4 is 16.6 Å². The van der Waals surface area contributed by atoms with Crippen molar-refractivity contribution in [2.24, 2.45) is 0 Å². The van der Waals surface area contributed by atoms with Crippen molar-refractivity contribution in [3.8, 4) is 0 Å². The maximum absolute atomic E-state index is 11.3. The van der Waals surface area contributed by atoms with E-state index < -0.39 is 0 Å². The molecule has 5 nitrogen and oxygen atoms in total. The average molecular weight is 244 g/mol. The van der Waals surface area contributed by atoms with Crippen LogP contribution >= 0.6 is 0 Å². The van der Waals surface area contributed by atoms with Crippen LogP contribution in [0.1, 0.15) is 24.4 Å². The molecule has 4 N–H and O–H groups in total. The summed E-state index contributed by atoms with van der Waals surface area (Å²) in [5.74, 6) is 1.15. The van der Waals surface area contributed by atoms with Crippen LogP contribution in [0, 0.1) is 6.92 Å². The molecule has 0 spiro atoms. The van der Waals surface area contributed by atoms with Gasteiger partial charge in [-0.25, -0.2) is 4.98 Å². The van der Waals surface area contributed by atoms with Crippen molar-refractivity contribution in [2.75, 3.05) is 11.1 Å². The van der Waals surface area contributed by atoms with Gasteiger partial charge >= 0.3 is 0 Å². The fourth-order valence-electron chi connectivity index (χ4n) is 1.79. The van der Waals surface area contributed by atoms with E-state index in [2.05, 4.69) is 15.3 Å². The summed E-state index contributed by atoms with van der Waals surface area (Å²) >= 11 is 0. The van der Waals surface area contributed by atoms with Gasteiger partial charge in [0, 0.05) is 11.8 Å². The highest BCUT2D eigenvalue weighted by molar-refractivity contribution is 5.44. The number of nitrogen functional groups attached to an aromatic ring is 1. The first-order valence-corrected chi connectivity index (χ1v) is 5.74. The van der Waals surface area contributed by atoms with Gasteiger partial charge in [-0.05, 0) is 31.5 Å². The Labute approximate surface area is 105 Å². The molecule has 0 radical (unpaired) electrons. The highest BCUT2D eigenvalue weighted by atomic mass is 16.1. The molecule has 94 valence electrons. The molecule has 0 aliphatic carbocycles. The zero-order chi connectivity index (χ0) is 13.1. The molecule has 18 heavy (non-hydrogen) atoms. The number of hydrogen-bond acceptors (Lipinski definition) is 4. The number of H-pyrrole nitrogens is 1. The summed E-state index contributed by atoms with van der Waals surface area (Å²) in [4.78, 5) is 18.2. The quantitative estimate of drug-likeness (QED) is 0.719. The first-order chi connectivity index (χ1) is 8.54. The summed E-state index contributed by atoms with van der Waals surface area (Å²) in [6.45, 7) is 3.74. The van der Waals surface area contributed by atoms with Gasteiger partial charge < -0.3 is 16.0 Å². The summed E-state index contributed by atoms with van der Waals surface area (Å²) in [5.41, 5.74) is 7.35. The average Bonchev–Trinajstić information content (AvgIpc) is 2.27. The van der Waals surface area contributed by atoms with Crippen LogP contribution in [0.3, 0.4) is 0 Å². The normalized spacial score (nSPS) is 12.1. The molecule has 0 aliphatic rings. The van der Waals surface area contributed by atoms with Gasteiger partial charge in [-0.2, -0.15) is 0 Å². The zero-order valence-corrected chi connectivity index (χ0v) is 10.4. The van der Waals surface area contributed by atoms with Crippen molar-refractivity contribution in [2.45, 2.75) is 19.9 Å². The monoisotopic (exact) mass is 244 g/mol. The summed E-state index contributed by atoms with van der Waals surface area (Å²) in [7, 11) is 0. The van der Waals surface area contributed by atoms with Gasteiger partial charge in [0.15, 0.2) is 0 Å². The smallest absolute Gasteiger partial charge is 0.252 e. The van der Waals surface area contributed by atoms with E-state index in [1.807, 2.05) is 31.2 Å². The highest BCUT2D eigenvalue weighted by Gasteiger charge is 2.07. The second-order valence-electron chi connectivity index (χ2n) is 4.25. The Morgan fingerprint density at radius 2 is 2.17 bits per heavy atom. The molecule has 2 aromatic rings. The van der Waals surface area contributed by atoms with Crippen LogP contribution in [-0.2, 0) is 0 Å². The van der Waals surface area contributed by atoms with E-state index in [0.717, 1.165) is 11.3 Å². The molecule has 1 atom stereocenters. The van der Waals surface area contributed by atoms with E-state index in [1.54, 1.807) is 6.92 Å². The minimum absolute atomic E-state index is 0.0298. The van der Waals surface area contributed by atoms with Crippen LogP contribution in [0.2, 0.25) is 0 Å². The van der Waals surface area contributed by atoms with Gasteiger partial charge in [-0.1, -0.05) is 12.1 Å². The van der Waals surface area contributed by atoms with Gasteiger partial charge in [-0.15, -0.1) is 0 Å². The predicted octanol–water partition coefficient (Wildman–Crippen LogP) is 1.83. The lowest BCUT2D eigenvalue weighted by Gasteiger charge is -2.15. The lowest BCUT2D eigenvalue weighted by atomic mass is 10.1. The topological polar surface area (TPSA) is 83.8 Å². The lowest BCUT2D eigenvalue weighted by molar-refractivity contribution is 0.864. The molecule has 1 unspecified atom stereocenters. The lowest BCUT2D eigenvalue weighted by Crippen LogP contribution is -2.14. The van der Waals surface area contributed by atoms with Crippen molar-refractivity contribution < 1.29 is 0 Å². The van der Waals surface area contributed by atoms with Gasteiger partial charge in [0.1, 0.15) is 11.6 Å². The van der Waals surface area contributed by atoms with E-state index in [-0.39, 0.29) is 11.6 Å².